The van der Waals surface area contributed by atoms with Crippen molar-refractivity contribution in [1.29, 1.82) is 5.26 Å². The smallest absolute Gasteiger partial charge is 0.233 e. The van der Waals surface area contributed by atoms with Gasteiger partial charge in [0, 0.05) is 5.69 Å². The maximum absolute atomic E-state index is 12.7. The second-order valence-electron chi connectivity index (χ2n) is 4.44. The lowest BCUT2D eigenvalue weighted by molar-refractivity contribution is -0.123. The number of carbonyl (C=O) groups is 2. The number of amides is 2. The molecule has 0 aromatic heterocycles. The van der Waals surface area contributed by atoms with Crippen LogP contribution in [0.4, 0.5) is 15.8 Å². The molecule has 0 aliphatic carbocycles. The molecule has 2 rings (SSSR count). The molecule has 2 N–H and O–H groups in total. The molecule has 0 unspecified atom stereocenters. The fourth-order valence-electron chi connectivity index (χ4n) is 1.77. The van der Waals surface area contributed by atoms with Gasteiger partial charge in [-0.15, -0.1) is 0 Å². The van der Waals surface area contributed by atoms with Crippen molar-refractivity contribution in [2.24, 2.45) is 0 Å². The van der Waals surface area contributed by atoms with Crippen LogP contribution in [0.25, 0.3) is 0 Å². The van der Waals surface area contributed by atoms with E-state index in [1.165, 1.54) is 24.3 Å². The molecule has 2 amide bonds. The van der Waals surface area contributed by atoms with Gasteiger partial charge in [-0.25, -0.2) is 4.39 Å². The van der Waals surface area contributed by atoms with Crippen LogP contribution in [0.5, 0.6) is 0 Å². The highest BCUT2D eigenvalue weighted by molar-refractivity contribution is 6.08. The second kappa shape index (κ2) is 6.99. The summed E-state index contributed by atoms with van der Waals surface area (Å²) in [6, 6.07) is 13.7. The summed E-state index contributed by atoms with van der Waals surface area (Å²) in [4.78, 5) is 23.5. The van der Waals surface area contributed by atoms with E-state index >= 15 is 0 Å². The number of nitriles is 1. The average molecular weight is 297 g/mol. The van der Waals surface area contributed by atoms with Gasteiger partial charge in [-0.05, 0) is 36.4 Å². The van der Waals surface area contributed by atoms with Crippen molar-refractivity contribution in [2.75, 3.05) is 10.6 Å². The van der Waals surface area contributed by atoms with Crippen LogP contribution in [-0.4, -0.2) is 11.8 Å². The minimum Gasteiger partial charge on any atom is -0.326 e. The van der Waals surface area contributed by atoms with Gasteiger partial charge in [-0.2, -0.15) is 5.26 Å². The van der Waals surface area contributed by atoms with E-state index in [1.807, 2.05) is 6.07 Å². The second-order valence-corrected chi connectivity index (χ2v) is 4.44. The van der Waals surface area contributed by atoms with Gasteiger partial charge in [-0.3, -0.25) is 9.59 Å². The molecule has 0 fully saturated rings. The van der Waals surface area contributed by atoms with Crippen molar-refractivity contribution in [3.05, 3.63) is 59.9 Å². The monoisotopic (exact) mass is 297 g/mol. The molecule has 6 heteroatoms. The third kappa shape index (κ3) is 4.15. The van der Waals surface area contributed by atoms with Crippen LogP contribution >= 0.6 is 0 Å². The normalized spacial score (nSPS) is 9.64. The molecule has 0 spiro atoms. The Kier molecular flexibility index (Phi) is 4.83. The highest BCUT2D eigenvalue weighted by atomic mass is 19.1. The van der Waals surface area contributed by atoms with E-state index < -0.39 is 24.1 Å². The third-order valence-electron chi connectivity index (χ3n) is 2.77. The van der Waals surface area contributed by atoms with Crippen LogP contribution in [0.3, 0.4) is 0 Å². The van der Waals surface area contributed by atoms with Gasteiger partial charge in [0.1, 0.15) is 18.3 Å². The summed E-state index contributed by atoms with van der Waals surface area (Å²) in [6.07, 6.45) is -0.406. The highest BCUT2D eigenvalue weighted by Gasteiger charge is 2.11. The largest absolute Gasteiger partial charge is 0.326 e. The first kappa shape index (κ1) is 15.2. The molecule has 22 heavy (non-hydrogen) atoms. The molecule has 0 aliphatic heterocycles. The van der Waals surface area contributed by atoms with Gasteiger partial charge in [-0.1, -0.05) is 12.1 Å². The minimum absolute atomic E-state index is 0.315. The van der Waals surface area contributed by atoms with Crippen molar-refractivity contribution in [3.63, 3.8) is 0 Å². The van der Waals surface area contributed by atoms with E-state index in [4.69, 9.17) is 5.26 Å². The molecule has 110 valence electrons. The molecule has 0 radical (unpaired) electrons. The van der Waals surface area contributed by atoms with E-state index in [-0.39, 0.29) is 0 Å². The number of nitrogens with zero attached hydrogens (tertiary/aromatic N) is 1. The summed E-state index contributed by atoms with van der Waals surface area (Å²) in [7, 11) is 0. The van der Waals surface area contributed by atoms with Crippen LogP contribution in [0.2, 0.25) is 0 Å². The Morgan fingerprint density at radius 1 is 1.00 bits per heavy atom. The lowest BCUT2D eigenvalue weighted by Crippen LogP contribution is -2.21. The van der Waals surface area contributed by atoms with Crippen molar-refractivity contribution in [1.82, 2.24) is 0 Å². The summed E-state index contributed by atoms with van der Waals surface area (Å²) >= 11 is 0. The SMILES string of the molecule is N#Cc1ccccc1NC(=O)CC(=O)Nc1ccc(F)cc1. The number of benzene rings is 2. The van der Waals surface area contributed by atoms with E-state index in [1.54, 1.807) is 24.3 Å². The Morgan fingerprint density at radius 2 is 1.64 bits per heavy atom. The van der Waals surface area contributed by atoms with Gasteiger partial charge in [0.15, 0.2) is 0 Å². The average Bonchev–Trinajstić information content (AvgIpc) is 2.50. The maximum Gasteiger partial charge on any atom is 0.233 e. The predicted octanol–water partition coefficient (Wildman–Crippen LogP) is 2.66. The predicted molar refractivity (Wildman–Crippen MR) is 79.4 cm³/mol. The molecule has 0 heterocycles. The number of nitrogens with one attached hydrogen (secondary N) is 2. The van der Waals surface area contributed by atoms with Crippen molar-refractivity contribution in [2.45, 2.75) is 6.42 Å². The van der Waals surface area contributed by atoms with Crippen molar-refractivity contribution < 1.29 is 14.0 Å². The topological polar surface area (TPSA) is 82.0 Å². The Bertz CT molecular complexity index is 736. The molecule has 0 aliphatic rings. The van der Waals surface area contributed by atoms with Crippen LogP contribution in [0.1, 0.15) is 12.0 Å². The van der Waals surface area contributed by atoms with E-state index in [0.717, 1.165) is 0 Å². The standard InChI is InChI=1S/C16H12FN3O2/c17-12-5-7-13(8-6-12)19-15(21)9-16(22)20-14-4-2-1-3-11(14)10-18/h1-8H,9H2,(H,19,21)(H,20,22). The van der Waals surface area contributed by atoms with Crippen molar-refractivity contribution >= 4 is 23.2 Å². The summed E-state index contributed by atoms with van der Waals surface area (Å²) in [5.41, 5.74) is 1.07. The maximum atomic E-state index is 12.7. The summed E-state index contributed by atoms with van der Waals surface area (Å²) in [5, 5.41) is 13.9. The number of halogens is 1. The summed E-state index contributed by atoms with van der Waals surface area (Å²) < 4.78 is 12.7. The number of rotatable bonds is 4. The molecule has 0 saturated carbocycles. The lowest BCUT2D eigenvalue weighted by Gasteiger charge is -2.07. The van der Waals surface area contributed by atoms with E-state index in [9.17, 15) is 14.0 Å². The fraction of sp³-hybridized carbons (Fsp3) is 0.0625. The van der Waals surface area contributed by atoms with Crippen LogP contribution in [0.15, 0.2) is 48.5 Å². The van der Waals surface area contributed by atoms with Gasteiger partial charge in [0.25, 0.3) is 0 Å². The third-order valence-corrected chi connectivity index (χ3v) is 2.77. The Balaban J connectivity index is 1.93. The minimum atomic E-state index is -0.540. The molecule has 2 aromatic carbocycles. The Hall–Kier alpha value is -3.20. The fourth-order valence-corrected chi connectivity index (χ4v) is 1.77. The zero-order valence-corrected chi connectivity index (χ0v) is 11.5. The molecule has 0 saturated heterocycles. The van der Waals surface area contributed by atoms with Gasteiger partial charge in [0.2, 0.25) is 11.8 Å². The Morgan fingerprint density at radius 3 is 2.32 bits per heavy atom. The van der Waals surface area contributed by atoms with Crippen molar-refractivity contribution in [3.8, 4) is 6.07 Å². The zero-order valence-electron chi connectivity index (χ0n) is 11.5. The van der Waals surface area contributed by atoms with Crippen LogP contribution in [0, 0.1) is 17.1 Å². The van der Waals surface area contributed by atoms with E-state index in [0.29, 0.717) is 16.9 Å². The molecule has 5 nitrogen and oxygen atoms in total. The van der Waals surface area contributed by atoms with E-state index in [2.05, 4.69) is 10.6 Å². The Labute approximate surface area is 126 Å². The van der Waals surface area contributed by atoms with Gasteiger partial charge in [0.05, 0.1) is 11.3 Å². The van der Waals surface area contributed by atoms with Crippen LogP contribution < -0.4 is 10.6 Å². The number of para-hydroxylation sites is 1. The van der Waals surface area contributed by atoms with Gasteiger partial charge >= 0.3 is 0 Å². The first-order valence-electron chi connectivity index (χ1n) is 6.43. The summed E-state index contributed by atoms with van der Waals surface area (Å²) in [5.74, 6) is -1.48. The quantitative estimate of drug-likeness (QED) is 0.851. The summed E-state index contributed by atoms with van der Waals surface area (Å²) in [6.45, 7) is 0. The molecule has 0 atom stereocenters. The first-order valence-corrected chi connectivity index (χ1v) is 6.43. The highest BCUT2D eigenvalue weighted by Crippen LogP contribution is 2.14. The molecule has 0 bridgehead atoms. The van der Waals surface area contributed by atoms with Gasteiger partial charge < -0.3 is 10.6 Å². The lowest BCUT2D eigenvalue weighted by atomic mass is 10.2. The number of hydrogen-bond acceptors (Lipinski definition) is 3. The zero-order chi connectivity index (χ0) is 15.9. The molecular formula is C16H12FN3O2. The molecular weight excluding hydrogens is 285 g/mol. The number of anilines is 2. The number of hydrogen-bond donors (Lipinski definition) is 2. The molecule has 2 aromatic rings. The number of carbonyl (C=O) groups excluding carboxylic acids is 2. The van der Waals surface area contributed by atoms with Crippen LogP contribution in [-0.2, 0) is 9.59 Å². The first-order chi connectivity index (χ1) is 10.6.